The number of pyridine rings is 1. The van der Waals surface area contributed by atoms with Crippen molar-refractivity contribution in [3.05, 3.63) is 41.5 Å². The number of nitrogens with zero attached hydrogens (tertiary/aromatic N) is 5. The third-order valence-electron chi connectivity index (χ3n) is 6.33. The van der Waals surface area contributed by atoms with Crippen LogP contribution in [0.2, 0.25) is 0 Å². The van der Waals surface area contributed by atoms with Gasteiger partial charge in [0.1, 0.15) is 5.76 Å². The Labute approximate surface area is 186 Å². The van der Waals surface area contributed by atoms with Crippen molar-refractivity contribution in [2.24, 2.45) is 5.92 Å². The topological polar surface area (TPSA) is 106 Å². The van der Waals surface area contributed by atoms with Gasteiger partial charge >= 0.3 is 0 Å². The first kappa shape index (κ1) is 20.7. The summed E-state index contributed by atoms with van der Waals surface area (Å²) in [4.78, 5) is 31.3. The van der Waals surface area contributed by atoms with Crippen LogP contribution in [0.1, 0.15) is 60.5 Å². The van der Waals surface area contributed by atoms with Crippen LogP contribution in [-0.4, -0.2) is 56.3 Å². The fourth-order valence-corrected chi connectivity index (χ4v) is 4.39. The molecule has 1 aliphatic heterocycles. The van der Waals surface area contributed by atoms with Crippen molar-refractivity contribution < 1.29 is 14.1 Å². The van der Waals surface area contributed by atoms with Crippen molar-refractivity contribution in [3.8, 4) is 0 Å². The molecule has 2 aliphatic rings. The molecule has 1 saturated carbocycles. The molecule has 9 nitrogen and oxygen atoms in total. The Kier molecular flexibility index (Phi) is 5.63. The van der Waals surface area contributed by atoms with Crippen LogP contribution in [0.4, 0.5) is 0 Å². The Balaban J connectivity index is 1.33. The van der Waals surface area contributed by atoms with Crippen molar-refractivity contribution >= 4 is 22.8 Å². The minimum atomic E-state index is -0.0946. The number of amides is 2. The van der Waals surface area contributed by atoms with Crippen molar-refractivity contribution in [1.29, 1.82) is 0 Å². The number of piperidine rings is 1. The van der Waals surface area contributed by atoms with Gasteiger partial charge in [0.05, 0.1) is 12.2 Å². The van der Waals surface area contributed by atoms with Gasteiger partial charge in [0, 0.05) is 55.5 Å². The molecular weight excluding hydrogens is 408 g/mol. The first-order valence-corrected chi connectivity index (χ1v) is 11.5. The summed E-state index contributed by atoms with van der Waals surface area (Å²) in [5.41, 5.74) is 2.15. The summed E-state index contributed by atoms with van der Waals surface area (Å²) in [6.07, 6.45) is 6.32. The van der Waals surface area contributed by atoms with Crippen LogP contribution in [0.25, 0.3) is 11.0 Å². The van der Waals surface area contributed by atoms with Crippen LogP contribution in [0.15, 0.2) is 28.9 Å². The molecule has 1 aliphatic carbocycles. The van der Waals surface area contributed by atoms with E-state index in [0.717, 1.165) is 42.4 Å². The van der Waals surface area contributed by atoms with Gasteiger partial charge < -0.3 is 14.7 Å². The Morgan fingerprint density at radius 3 is 2.94 bits per heavy atom. The molecule has 3 aromatic rings. The van der Waals surface area contributed by atoms with Gasteiger partial charge in [-0.3, -0.25) is 9.59 Å². The van der Waals surface area contributed by atoms with E-state index in [1.807, 2.05) is 28.6 Å². The normalized spacial score (nSPS) is 18.8. The van der Waals surface area contributed by atoms with Gasteiger partial charge in [0.2, 0.25) is 5.91 Å². The summed E-state index contributed by atoms with van der Waals surface area (Å²) in [7, 11) is 0. The smallest absolute Gasteiger partial charge is 0.276 e. The highest BCUT2D eigenvalue weighted by Gasteiger charge is 2.31. The number of hydrogen-bond acceptors (Lipinski definition) is 6. The summed E-state index contributed by atoms with van der Waals surface area (Å²) >= 11 is 0. The van der Waals surface area contributed by atoms with E-state index < -0.39 is 0 Å². The zero-order valence-corrected chi connectivity index (χ0v) is 18.3. The van der Waals surface area contributed by atoms with Crippen molar-refractivity contribution in [3.63, 3.8) is 0 Å². The number of carbonyl (C=O) groups is 2. The lowest BCUT2D eigenvalue weighted by atomic mass is 9.93. The van der Waals surface area contributed by atoms with Crippen LogP contribution >= 0.6 is 0 Å². The van der Waals surface area contributed by atoms with Crippen LogP contribution in [-0.2, 0) is 17.8 Å². The molecule has 2 fully saturated rings. The molecule has 2 amide bonds. The second kappa shape index (κ2) is 8.72. The fraction of sp³-hybridized carbons (Fsp3) is 0.522. The molecular formula is C23H28N6O3. The maximum absolute atomic E-state index is 13.0. The molecule has 3 aromatic heterocycles. The third-order valence-corrected chi connectivity index (χ3v) is 6.33. The van der Waals surface area contributed by atoms with Gasteiger partial charge in [-0.25, -0.2) is 9.67 Å². The minimum absolute atomic E-state index is 0.0946. The van der Waals surface area contributed by atoms with E-state index in [-0.39, 0.29) is 23.7 Å². The highest BCUT2D eigenvalue weighted by atomic mass is 16.5. The predicted molar refractivity (Wildman–Crippen MR) is 117 cm³/mol. The first-order valence-electron chi connectivity index (χ1n) is 11.5. The summed E-state index contributed by atoms with van der Waals surface area (Å²) in [6.45, 7) is 4.36. The highest BCUT2D eigenvalue weighted by Crippen LogP contribution is 2.32. The first-order chi connectivity index (χ1) is 15.6. The quantitative estimate of drug-likeness (QED) is 0.610. The molecule has 168 valence electrons. The van der Waals surface area contributed by atoms with Crippen LogP contribution in [0.3, 0.4) is 0 Å². The predicted octanol–water partition coefficient (Wildman–Crippen LogP) is 2.53. The monoisotopic (exact) mass is 436 g/mol. The van der Waals surface area contributed by atoms with Gasteiger partial charge in [-0.15, -0.1) is 0 Å². The SMILES string of the molecule is CCc1cc(C(=O)N2CCC[C@H](c3nn(CCNC(=O)C4CC4)c4ncccc34)C2)no1. The second-order valence-corrected chi connectivity index (χ2v) is 8.67. The van der Waals surface area contributed by atoms with Crippen LogP contribution in [0.5, 0.6) is 0 Å². The zero-order chi connectivity index (χ0) is 22.1. The molecule has 0 radical (unpaired) electrons. The minimum Gasteiger partial charge on any atom is -0.361 e. The van der Waals surface area contributed by atoms with E-state index in [0.29, 0.717) is 44.1 Å². The number of hydrogen-bond donors (Lipinski definition) is 1. The third kappa shape index (κ3) is 4.11. The molecule has 1 atom stereocenters. The van der Waals surface area contributed by atoms with E-state index in [1.54, 1.807) is 12.3 Å². The van der Waals surface area contributed by atoms with Gasteiger partial charge in [-0.05, 0) is 37.8 Å². The number of carbonyl (C=O) groups excluding carboxylic acids is 2. The average Bonchev–Trinajstić information content (AvgIpc) is 3.46. The van der Waals surface area contributed by atoms with Gasteiger partial charge in [-0.1, -0.05) is 12.1 Å². The Morgan fingerprint density at radius 2 is 2.16 bits per heavy atom. The highest BCUT2D eigenvalue weighted by molar-refractivity contribution is 5.92. The summed E-state index contributed by atoms with van der Waals surface area (Å²) in [5.74, 6) is 1.07. The van der Waals surface area contributed by atoms with E-state index in [2.05, 4.69) is 15.5 Å². The number of rotatable bonds is 7. The van der Waals surface area contributed by atoms with Gasteiger partial charge in [0.25, 0.3) is 5.91 Å². The molecule has 1 N–H and O–H groups in total. The molecule has 4 heterocycles. The van der Waals surface area contributed by atoms with Crippen molar-refractivity contribution in [1.82, 2.24) is 30.1 Å². The number of aromatic nitrogens is 4. The zero-order valence-electron chi connectivity index (χ0n) is 18.3. The number of nitrogens with one attached hydrogen (secondary N) is 1. The van der Waals surface area contributed by atoms with Crippen molar-refractivity contribution in [2.75, 3.05) is 19.6 Å². The standard InChI is InChI=1S/C23H28N6O3/c1-2-17-13-19(27-32-17)23(31)28-11-4-5-16(14-28)20-18-6-3-9-24-21(18)29(26-20)12-10-25-22(30)15-7-8-15/h3,6,9,13,15-16H,2,4-5,7-8,10-12,14H2,1H3,(H,25,30)/t16-/m0/s1. The Bertz CT molecular complexity index is 1130. The van der Waals surface area contributed by atoms with E-state index in [1.165, 1.54) is 0 Å². The lowest BCUT2D eigenvalue weighted by Crippen LogP contribution is -2.39. The summed E-state index contributed by atoms with van der Waals surface area (Å²) < 4.78 is 7.10. The van der Waals surface area contributed by atoms with Crippen LogP contribution in [0, 0.1) is 5.92 Å². The van der Waals surface area contributed by atoms with Crippen molar-refractivity contribution in [2.45, 2.75) is 51.5 Å². The molecule has 0 bridgehead atoms. The van der Waals surface area contributed by atoms with Gasteiger partial charge in [-0.2, -0.15) is 5.10 Å². The molecule has 1 saturated heterocycles. The summed E-state index contributed by atoms with van der Waals surface area (Å²) in [5, 5.41) is 12.8. The molecule has 0 unspecified atom stereocenters. The number of likely N-dealkylation sites (tertiary alicyclic amines) is 1. The largest absolute Gasteiger partial charge is 0.361 e. The molecule has 0 spiro atoms. The molecule has 0 aromatic carbocycles. The van der Waals surface area contributed by atoms with Crippen LogP contribution < -0.4 is 5.32 Å². The Morgan fingerprint density at radius 1 is 1.28 bits per heavy atom. The second-order valence-electron chi connectivity index (χ2n) is 8.67. The lowest BCUT2D eigenvalue weighted by molar-refractivity contribution is -0.122. The molecule has 9 heteroatoms. The van der Waals surface area contributed by atoms with E-state index in [4.69, 9.17) is 9.62 Å². The molecule has 5 rings (SSSR count). The van der Waals surface area contributed by atoms with Gasteiger partial charge in [0.15, 0.2) is 11.3 Å². The summed E-state index contributed by atoms with van der Waals surface area (Å²) in [6, 6.07) is 5.69. The maximum atomic E-state index is 13.0. The van der Waals surface area contributed by atoms with E-state index in [9.17, 15) is 9.59 Å². The number of aryl methyl sites for hydroxylation is 1. The lowest BCUT2D eigenvalue weighted by Gasteiger charge is -2.31. The number of fused-ring (bicyclic) bond motifs is 1. The Hall–Kier alpha value is -3.23. The molecule has 32 heavy (non-hydrogen) atoms. The fourth-order valence-electron chi connectivity index (χ4n) is 4.39. The maximum Gasteiger partial charge on any atom is 0.276 e. The average molecular weight is 437 g/mol. The van der Waals surface area contributed by atoms with E-state index >= 15 is 0 Å².